The number of fused-ring (bicyclic) bond motifs is 1. The zero-order valence-electron chi connectivity index (χ0n) is 12.2. The average molecular weight is 311 g/mol. The van der Waals surface area contributed by atoms with Crippen LogP contribution in [0, 0.1) is 0 Å². The lowest BCUT2D eigenvalue weighted by Gasteiger charge is -2.38. The van der Waals surface area contributed by atoms with Gasteiger partial charge in [-0.25, -0.2) is 0 Å². The summed E-state index contributed by atoms with van der Waals surface area (Å²) in [6.45, 7) is 1.97. The molecule has 2 unspecified atom stereocenters. The second-order valence-corrected chi connectivity index (χ2v) is 5.62. The number of nitrogens with two attached hydrogens (primary N) is 1. The van der Waals surface area contributed by atoms with E-state index in [1.54, 1.807) is 0 Å². The Morgan fingerprint density at radius 3 is 2.95 bits per heavy atom. The van der Waals surface area contributed by atoms with Crippen molar-refractivity contribution in [2.45, 2.75) is 37.8 Å². The van der Waals surface area contributed by atoms with E-state index in [1.165, 1.54) is 5.56 Å². The predicted molar refractivity (Wildman–Crippen MR) is 84.5 cm³/mol. The third kappa shape index (κ3) is 3.23. The molecule has 2 heterocycles. The zero-order valence-corrected chi connectivity index (χ0v) is 13.0. The van der Waals surface area contributed by atoms with Crippen LogP contribution in [0.3, 0.4) is 0 Å². The number of halogens is 1. The minimum Gasteiger partial charge on any atom is -0.363 e. The molecule has 0 aliphatic carbocycles. The minimum atomic E-state index is -0.438. The van der Waals surface area contributed by atoms with E-state index in [0.717, 1.165) is 37.8 Å². The molecular formula is C16H23ClN2O2. The van der Waals surface area contributed by atoms with Crippen LogP contribution in [0.4, 0.5) is 0 Å². The van der Waals surface area contributed by atoms with Crippen LogP contribution >= 0.6 is 12.4 Å². The highest BCUT2D eigenvalue weighted by Gasteiger charge is 2.34. The van der Waals surface area contributed by atoms with Crippen LogP contribution in [0.15, 0.2) is 24.3 Å². The third-order valence-electron chi connectivity index (χ3n) is 4.40. The molecule has 0 aromatic heterocycles. The van der Waals surface area contributed by atoms with E-state index in [2.05, 4.69) is 6.07 Å². The Bertz CT molecular complexity index is 495. The van der Waals surface area contributed by atoms with Gasteiger partial charge in [-0.1, -0.05) is 24.3 Å². The molecule has 1 saturated heterocycles. The van der Waals surface area contributed by atoms with Crippen LogP contribution in [0.1, 0.15) is 36.5 Å². The van der Waals surface area contributed by atoms with Crippen molar-refractivity contribution in [1.82, 2.24) is 4.90 Å². The smallest absolute Gasteiger partial charge is 0.256 e. The van der Waals surface area contributed by atoms with Gasteiger partial charge in [-0.2, -0.15) is 0 Å². The maximum Gasteiger partial charge on any atom is 0.256 e. The highest BCUT2D eigenvalue weighted by atomic mass is 35.5. The number of ether oxygens (including phenoxy) is 1. The fraction of sp³-hybridized carbons (Fsp3) is 0.562. The molecule has 1 fully saturated rings. The number of nitrogens with zero attached hydrogens (tertiary/aromatic N) is 1. The Balaban J connectivity index is 0.00000161. The molecule has 0 bridgehead atoms. The third-order valence-corrected chi connectivity index (χ3v) is 4.40. The lowest BCUT2D eigenvalue weighted by atomic mass is 9.95. The molecule has 1 amide bonds. The van der Waals surface area contributed by atoms with Gasteiger partial charge in [0.05, 0.1) is 6.61 Å². The second-order valence-electron chi connectivity index (χ2n) is 5.62. The van der Waals surface area contributed by atoms with Crippen LogP contribution in [0.25, 0.3) is 0 Å². The summed E-state index contributed by atoms with van der Waals surface area (Å²) in [5, 5.41) is 0. The molecule has 0 radical (unpaired) electrons. The number of benzene rings is 1. The highest BCUT2D eigenvalue weighted by Crippen LogP contribution is 2.30. The first-order chi connectivity index (χ1) is 9.81. The molecule has 116 valence electrons. The topological polar surface area (TPSA) is 55.6 Å². The summed E-state index contributed by atoms with van der Waals surface area (Å²) in [4.78, 5) is 14.8. The van der Waals surface area contributed by atoms with E-state index in [1.807, 2.05) is 23.1 Å². The Hall–Kier alpha value is -1.10. The number of hydrogen-bond acceptors (Lipinski definition) is 3. The van der Waals surface area contributed by atoms with E-state index >= 15 is 0 Å². The molecule has 1 aromatic rings. The van der Waals surface area contributed by atoms with Crippen molar-refractivity contribution < 1.29 is 9.53 Å². The molecule has 1 aromatic carbocycles. The van der Waals surface area contributed by atoms with Crippen LogP contribution in [-0.4, -0.2) is 36.5 Å². The van der Waals surface area contributed by atoms with Gasteiger partial charge in [0, 0.05) is 19.1 Å². The predicted octanol–water partition coefficient (Wildman–Crippen LogP) is 2.06. The van der Waals surface area contributed by atoms with Crippen molar-refractivity contribution in [2.24, 2.45) is 5.73 Å². The zero-order chi connectivity index (χ0) is 13.9. The normalized spacial score (nSPS) is 24.9. The molecule has 21 heavy (non-hydrogen) atoms. The van der Waals surface area contributed by atoms with Gasteiger partial charge in [-0.05, 0) is 36.8 Å². The number of carbonyl (C=O) groups is 1. The molecule has 2 aliphatic rings. The number of carbonyl (C=O) groups excluding carboxylic acids is 1. The van der Waals surface area contributed by atoms with Gasteiger partial charge < -0.3 is 15.4 Å². The Kier molecular flexibility index (Phi) is 5.62. The first-order valence-electron chi connectivity index (χ1n) is 7.51. The van der Waals surface area contributed by atoms with E-state index in [-0.39, 0.29) is 24.4 Å². The lowest BCUT2D eigenvalue weighted by molar-refractivity contribution is -0.148. The summed E-state index contributed by atoms with van der Waals surface area (Å²) < 4.78 is 5.78. The van der Waals surface area contributed by atoms with Gasteiger partial charge in [0.1, 0.15) is 0 Å². The molecule has 5 heteroatoms. The number of rotatable bonds is 2. The van der Waals surface area contributed by atoms with Gasteiger partial charge in [0.15, 0.2) is 6.10 Å². The maximum absolute atomic E-state index is 12.8. The monoisotopic (exact) mass is 310 g/mol. The summed E-state index contributed by atoms with van der Waals surface area (Å²) >= 11 is 0. The van der Waals surface area contributed by atoms with Gasteiger partial charge >= 0.3 is 0 Å². The van der Waals surface area contributed by atoms with E-state index in [4.69, 9.17) is 10.5 Å². The summed E-state index contributed by atoms with van der Waals surface area (Å²) in [5.41, 5.74) is 8.09. The highest BCUT2D eigenvalue weighted by molar-refractivity contribution is 5.85. The SMILES string of the molecule is Cl.NCC1CCCCN1C(=O)C1OCCc2ccccc21. The van der Waals surface area contributed by atoms with Crippen molar-refractivity contribution in [3.05, 3.63) is 35.4 Å². The molecule has 0 saturated carbocycles. The summed E-state index contributed by atoms with van der Waals surface area (Å²) in [6.07, 6.45) is 3.69. The van der Waals surface area contributed by atoms with Crippen molar-refractivity contribution in [3.8, 4) is 0 Å². The van der Waals surface area contributed by atoms with E-state index in [9.17, 15) is 4.79 Å². The number of hydrogen-bond donors (Lipinski definition) is 1. The summed E-state index contributed by atoms with van der Waals surface area (Å²) in [5.74, 6) is 0.0901. The van der Waals surface area contributed by atoms with Crippen molar-refractivity contribution in [2.75, 3.05) is 19.7 Å². The number of piperidine rings is 1. The Morgan fingerprint density at radius 2 is 2.14 bits per heavy atom. The summed E-state index contributed by atoms with van der Waals surface area (Å²) in [7, 11) is 0. The van der Waals surface area contributed by atoms with Gasteiger partial charge in [0.2, 0.25) is 0 Å². The van der Waals surface area contributed by atoms with Crippen molar-refractivity contribution in [3.63, 3.8) is 0 Å². The van der Waals surface area contributed by atoms with Crippen LogP contribution < -0.4 is 5.73 Å². The fourth-order valence-electron chi connectivity index (χ4n) is 3.28. The van der Waals surface area contributed by atoms with Crippen LogP contribution in [-0.2, 0) is 16.0 Å². The van der Waals surface area contributed by atoms with Gasteiger partial charge in [-0.15, -0.1) is 12.4 Å². The second kappa shape index (κ2) is 7.25. The van der Waals surface area contributed by atoms with Crippen molar-refractivity contribution in [1.29, 1.82) is 0 Å². The summed E-state index contributed by atoms with van der Waals surface area (Å²) in [6, 6.07) is 8.28. The molecular weight excluding hydrogens is 288 g/mol. The van der Waals surface area contributed by atoms with Gasteiger partial charge in [0.25, 0.3) is 5.91 Å². The number of likely N-dealkylation sites (tertiary alicyclic amines) is 1. The standard InChI is InChI=1S/C16H22N2O2.ClH/c17-11-13-6-3-4-9-18(13)16(19)15-14-7-2-1-5-12(14)8-10-20-15;/h1-2,5,7,13,15H,3-4,6,8-11,17H2;1H. The van der Waals surface area contributed by atoms with Crippen LogP contribution in [0.2, 0.25) is 0 Å². The minimum absolute atomic E-state index is 0. The lowest BCUT2D eigenvalue weighted by Crippen LogP contribution is -2.50. The first kappa shape index (κ1) is 16.3. The van der Waals surface area contributed by atoms with Gasteiger partial charge in [-0.3, -0.25) is 4.79 Å². The molecule has 0 spiro atoms. The largest absolute Gasteiger partial charge is 0.363 e. The molecule has 3 rings (SSSR count). The quantitative estimate of drug-likeness (QED) is 0.909. The maximum atomic E-state index is 12.8. The van der Waals surface area contributed by atoms with Crippen LogP contribution in [0.5, 0.6) is 0 Å². The molecule has 2 atom stereocenters. The average Bonchev–Trinajstić information content (AvgIpc) is 2.53. The molecule has 2 N–H and O–H groups in total. The first-order valence-corrected chi connectivity index (χ1v) is 7.51. The Labute approximate surface area is 132 Å². The molecule has 4 nitrogen and oxygen atoms in total. The molecule has 2 aliphatic heterocycles. The van der Waals surface area contributed by atoms with E-state index < -0.39 is 6.10 Å². The van der Waals surface area contributed by atoms with Crippen molar-refractivity contribution >= 4 is 18.3 Å². The number of amides is 1. The fourth-order valence-corrected chi connectivity index (χ4v) is 3.28. The Morgan fingerprint density at radius 1 is 1.33 bits per heavy atom. The van der Waals surface area contributed by atoms with E-state index in [0.29, 0.717) is 13.2 Å².